The first-order valence-electron chi connectivity index (χ1n) is 3.86. The fourth-order valence-corrected chi connectivity index (χ4v) is 1.19. The number of hydrogen-bond donors (Lipinski definition) is 0. The van der Waals surface area contributed by atoms with Crippen LogP contribution in [0.5, 0.6) is 0 Å². The van der Waals surface area contributed by atoms with Gasteiger partial charge in [-0.3, -0.25) is 0 Å². The van der Waals surface area contributed by atoms with Crippen LogP contribution in [0.2, 0.25) is 0 Å². The molecule has 0 fully saturated rings. The van der Waals surface area contributed by atoms with Crippen molar-refractivity contribution in [1.82, 2.24) is 0 Å². The van der Waals surface area contributed by atoms with Crippen LogP contribution in [0.3, 0.4) is 0 Å². The lowest BCUT2D eigenvalue weighted by Crippen LogP contribution is -2.30. The summed E-state index contributed by atoms with van der Waals surface area (Å²) in [5.41, 5.74) is -0.185. The Bertz CT molecular complexity index is 159. The molecule has 0 radical (unpaired) electrons. The Labute approximate surface area is 70.1 Å². The lowest BCUT2D eigenvalue weighted by Gasteiger charge is -2.29. The number of hydrogen-bond acceptors (Lipinski definition) is 1. The van der Waals surface area contributed by atoms with E-state index in [1.54, 1.807) is 7.11 Å². The zero-order chi connectivity index (χ0) is 9.12. The molecule has 0 spiro atoms. The van der Waals surface area contributed by atoms with Crippen LogP contribution in [0, 0.1) is 17.8 Å². The molecule has 0 heterocycles. The van der Waals surface area contributed by atoms with Gasteiger partial charge in [-0.15, -0.1) is 6.42 Å². The second kappa shape index (κ2) is 3.28. The Hall–Kier alpha value is -0.480. The minimum absolute atomic E-state index is 0.219. The van der Waals surface area contributed by atoms with Crippen LogP contribution in [-0.2, 0) is 4.74 Å². The van der Waals surface area contributed by atoms with Gasteiger partial charge >= 0.3 is 0 Å². The molecule has 1 atom stereocenters. The first-order valence-corrected chi connectivity index (χ1v) is 3.86. The van der Waals surface area contributed by atoms with Gasteiger partial charge in [0.25, 0.3) is 0 Å². The third-order valence-corrected chi connectivity index (χ3v) is 1.62. The third kappa shape index (κ3) is 4.06. The number of terminal acetylenes is 1. The molecule has 0 aromatic rings. The average molecular weight is 154 g/mol. The van der Waals surface area contributed by atoms with Crippen molar-refractivity contribution < 1.29 is 4.74 Å². The van der Waals surface area contributed by atoms with E-state index in [-0.39, 0.29) is 5.41 Å². The summed E-state index contributed by atoms with van der Waals surface area (Å²) in [5, 5.41) is 0. The van der Waals surface area contributed by atoms with E-state index in [2.05, 4.69) is 26.7 Å². The van der Waals surface area contributed by atoms with Crippen molar-refractivity contribution in [3.05, 3.63) is 0 Å². The van der Waals surface area contributed by atoms with Crippen molar-refractivity contribution in [2.45, 2.75) is 39.7 Å². The molecule has 64 valence electrons. The summed E-state index contributed by atoms with van der Waals surface area (Å²) in [6.07, 6.45) is 6.23. The van der Waals surface area contributed by atoms with Crippen molar-refractivity contribution in [2.24, 2.45) is 5.41 Å². The fourth-order valence-electron chi connectivity index (χ4n) is 1.19. The smallest absolute Gasteiger partial charge is 0.125 e. The molecule has 1 heteroatoms. The largest absolute Gasteiger partial charge is 0.366 e. The Morgan fingerprint density at radius 3 is 1.82 bits per heavy atom. The van der Waals surface area contributed by atoms with Gasteiger partial charge in [0.1, 0.15) is 5.60 Å². The molecule has 0 aliphatic carbocycles. The lowest BCUT2D eigenvalue weighted by molar-refractivity contribution is 0.0232. The van der Waals surface area contributed by atoms with Crippen LogP contribution in [0.1, 0.15) is 34.1 Å². The number of rotatable bonds is 2. The summed E-state index contributed by atoms with van der Waals surface area (Å²) in [7, 11) is 1.66. The van der Waals surface area contributed by atoms with E-state index in [9.17, 15) is 0 Å². The molecule has 1 unspecified atom stereocenters. The van der Waals surface area contributed by atoms with Gasteiger partial charge in [0, 0.05) is 7.11 Å². The predicted octanol–water partition coefficient (Wildman–Crippen LogP) is 2.46. The van der Waals surface area contributed by atoms with E-state index >= 15 is 0 Å². The van der Waals surface area contributed by atoms with Crippen LogP contribution in [0.4, 0.5) is 0 Å². The first-order chi connectivity index (χ1) is 4.83. The second-order valence-electron chi connectivity index (χ2n) is 4.32. The van der Waals surface area contributed by atoms with Gasteiger partial charge in [-0.05, 0) is 18.8 Å². The monoisotopic (exact) mass is 154 g/mol. The van der Waals surface area contributed by atoms with E-state index in [1.807, 2.05) is 6.92 Å². The third-order valence-electron chi connectivity index (χ3n) is 1.62. The number of methoxy groups -OCH3 is 1. The summed E-state index contributed by atoms with van der Waals surface area (Å²) in [6, 6.07) is 0. The highest BCUT2D eigenvalue weighted by Gasteiger charge is 2.27. The van der Waals surface area contributed by atoms with Gasteiger partial charge in [0.2, 0.25) is 0 Å². The summed E-state index contributed by atoms with van der Waals surface area (Å²) in [6.45, 7) is 8.41. The highest BCUT2D eigenvalue weighted by Crippen LogP contribution is 2.28. The van der Waals surface area contributed by atoms with Gasteiger partial charge < -0.3 is 4.74 Å². The topological polar surface area (TPSA) is 9.23 Å². The fraction of sp³-hybridized carbons (Fsp3) is 0.800. The van der Waals surface area contributed by atoms with Gasteiger partial charge in [0.05, 0.1) is 0 Å². The molecule has 0 aromatic heterocycles. The Morgan fingerprint density at radius 1 is 1.27 bits per heavy atom. The Kier molecular flexibility index (Phi) is 3.13. The van der Waals surface area contributed by atoms with Gasteiger partial charge in [-0.2, -0.15) is 0 Å². The quantitative estimate of drug-likeness (QED) is 0.555. The van der Waals surface area contributed by atoms with Crippen LogP contribution < -0.4 is 0 Å². The lowest BCUT2D eigenvalue weighted by atomic mass is 9.83. The molecule has 0 saturated carbocycles. The highest BCUT2D eigenvalue weighted by atomic mass is 16.5. The minimum Gasteiger partial charge on any atom is -0.366 e. The molecule has 11 heavy (non-hydrogen) atoms. The SMILES string of the molecule is C#CC(C)(CC(C)(C)C)OC. The molecule has 0 aliphatic rings. The maximum absolute atomic E-state index is 5.35. The standard InChI is InChI=1S/C10H18O/c1-7-10(5,11-6)8-9(2,3)4/h1H,8H2,2-6H3. The van der Waals surface area contributed by atoms with Crippen molar-refractivity contribution >= 4 is 0 Å². The molecule has 0 saturated heterocycles. The Morgan fingerprint density at radius 2 is 1.73 bits per heavy atom. The van der Waals surface area contributed by atoms with Crippen molar-refractivity contribution in [3.8, 4) is 12.3 Å². The summed E-state index contributed by atoms with van der Waals surface area (Å²) >= 11 is 0. The maximum Gasteiger partial charge on any atom is 0.125 e. The van der Waals surface area contributed by atoms with E-state index < -0.39 is 5.60 Å². The molecule has 0 aliphatic heterocycles. The van der Waals surface area contributed by atoms with Gasteiger partial charge in [0.15, 0.2) is 0 Å². The molecule has 0 N–H and O–H groups in total. The van der Waals surface area contributed by atoms with Crippen LogP contribution in [0.15, 0.2) is 0 Å². The molecule has 0 aromatic carbocycles. The minimum atomic E-state index is -0.405. The van der Waals surface area contributed by atoms with Crippen molar-refractivity contribution in [1.29, 1.82) is 0 Å². The van der Waals surface area contributed by atoms with Crippen LogP contribution >= 0.6 is 0 Å². The summed E-state index contributed by atoms with van der Waals surface area (Å²) in [4.78, 5) is 0. The van der Waals surface area contributed by atoms with E-state index in [0.717, 1.165) is 6.42 Å². The first kappa shape index (κ1) is 10.5. The molecule has 0 amide bonds. The molecule has 0 bridgehead atoms. The zero-order valence-corrected chi connectivity index (χ0v) is 8.19. The van der Waals surface area contributed by atoms with E-state index in [1.165, 1.54) is 0 Å². The molecular weight excluding hydrogens is 136 g/mol. The normalized spacial score (nSPS) is 17.1. The van der Waals surface area contributed by atoms with Crippen molar-refractivity contribution in [3.63, 3.8) is 0 Å². The molecule has 1 nitrogen and oxygen atoms in total. The average Bonchev–Trinajstić information content (AvgIpc) is 1.84. The predicted molar refractivity (Wildman–Crippen MR) is 48.3 cm³/mol. The van der Waals surface area contributed by atoms with Crippen LogP contribution in [0.25, 0.3) is 0 Å². The van der Waals surface area contributed by atoms with Crippen LogP contribution in [-0.4, -0.2) is 12.7 Å². The maximum atomic E-state index is 5.35. The number of ether oxygens (including phenoxy) is 1. The van der Waals surface area contributed by atoms with E-state index in [4.69, 9.17) is 11.2 Å². The van der Waals surface area contributed by atoms with E-state index in [0.29, 0.717) is 0 Å². The molecule has 0 rings (SSSR count). The van der Waals surface area contributed by atoms with Gasteiger partial charge in [-0.25, -0.2) is 0 Å². The summed E-state index contributed by atoms with van der Waals surface area (Å²) in [5.74, 6) is 2.66. The Balaban J connectivity index is 4.23. The second-order valence-corrected chi connectivity index (χ2v) is 4.32. The van der Waals surface area contributed by atoms with Crippen molar-refractivity contribution in [2.75, 3.05) is 7.11 Å². The summed E-state index contributed by atoms with van der Waals surface area (Å²) < 4.78 is 5.23. The zero-order valence-electron chi connectivity index (χ0n) is 8.19. The molecular formula is C10H18O. The van der Waals surface area contributed by atoms with Gasteiger partial charge in [-0.1, -0.05) is 26.7 Å². The highest BCUT2D eigenvalue weighted by molar-refractivity contribution is 5.07.